The van der Waals surface area contributed by atoms with Crippen molar-refractivity contribution in [2.75, 3.05) is 6.54 Å². The summed E-state index contributed by atoms with van der Waals surface area (Å²) in [6, 6.07) is 2.15. The smallest absolute Gasteiger partial charge is 0.223 e. The van der Waals surface area contributed by atoms with Crippen LogP contribution in [0.2, 0.25) is 0 Å². The van der Waals surface area contributed by atoms with Gasteiger partial charge in [-0.15, -0.1) is 0 Å². The molecule has 2 heterocycles. The van der Waals surface area contributed by atoms with Crippen LogP contribution in [0.15, 0.2) is 23.0 Å². The van der Waals surface area contributed by atoms with Crippen molar-refractivity contribution in [2.24, 2.45) is 0 Å². The first kappa shape index (κ1) is 12.8. The van der Waals surface area contributed by atoms with E-state index in [1.807, 2.05) is 0 Å². The predicted molar refractivity (Wildman–Crippen MR) is 69.2 cm³/mol. The third kappa shape index (κ3) is 3.70. The zero-order valence-electron chi connectivity index (χ0n) is 11.0. The van der Waals surface area contributed by atoms with Crippen molar-refractivity contribution >= 4 is 0 Å². The molecular formula is C13H20N4O. The Morgan fingerprint density at radius 3 is 3.06 bits per heavy atom. The molecule has 98 valence electrons. The third-order valence-corrected chi connectivity index (χ3v) is 2.72. The van der Waals surface area contributed by atoms with Crippen molar-refractivity contribution < 1.29 is 4.52 Å². The molecule has 2 aromatic rings. The number of rotatable bonds is 7. The third-order valence-electron chi connectivity index (χ3n) is 2.72. The summed E-state index contributed by atoms with van der Waals surface area (Å²) in [7, 11) is 0. The minimum absolute atomic E-state index is 0.627. The van der Waals surface area contributed by atoms with E-state index in [0.717, 1.165) is 31.9 Å². The molecule has 18 heavy (non-hydrogen) atoms. The quantitative estimate of drug-likeness (QED) is 0.761. The second-order valence-corrected chi connectivity index (χ2v) is 4.41. The Labute approximate surface area is 107 Å². The molecule has 5 nitrogen and oxygen atoms in total. The van der Waals surface area contributed by atoms with Gasteiger partial charge in [0.2, 0.25) is 5.89 Å². The summed E-state index contributed by atoms with van der Waals surface area (Å²) >= 11 is 0. The summed E-state index contributed by atoms with van der Waals surface area (Å²) in [4.78, 5) is 4.16. The van der Waals surface area contributed by atoms with E-state index < -0.39 is 0 Å². The van der Waals surface area contributed by atoms with Crippen molar-refractivity contribution in [1.29, 1.82) is 0 Å². The molecule has 0 atom stereocenters. The van der Waals surface area contributed by atoms with Crippen LogP contribution in [-0.4, -0.2) is 21.3 Å². The largest absolute Gasteiger partial charge is 0.354 e. The summed E-state index contributed by atoms with van der Waals surface area (Å²) in [6.45, 7) is 6.82. The normalized spacial score (nSPS) is 11.0. The first-order chi connectivity index (χ1) is 8.78. The Morgan fingerprint density at radius 1 is 1.44 bits per heavy atom. The van der Waals surface area contributed by atoms with Crippen molar-refractivity contribution in [3.63, 3.8) is 0 Å². The Bertz CT molecular complexity index is 475. The fourth-order valence-corrected chi connectivity index (χ4v) is 1.87. The van der Waals surface area contributed by atoms with Gasteiger partial charge in [0, 0.05) is 45.4 Å². The van der Waals surface area contributed by atoms with Gasteiger partial charge in [-0.1, -0.05) is 12.1 Å². The average molecular weight is 248 g/mol. The van der Waals surface area contributed by atoms with Crippen LogP contribution in [-0.2, 0) is 19.5 Å². The molecule has 0 saturated carbocycles. The maximum atomic E-state index is 4.92. The zero-order chi connectivity index (χ0) is 12.8. The van der Waals surface area contributed by atoms with Crippen LogP contribution in [0, 0.1) is 6.92 Å². The molecule has 0 amide bonds. The SMILES string of the molecule is CCCn1ccc(CNCCc2noc(C)n2)c1. The highest BCUT2D eigenvalue weighted by molar-refractivity contribution is 5.09. The number of hydrogen-bond donors (Lipinski definition) is 1. The van der Waals surface area contributed by atoms with Crippen LogP contribution in [0.3, 0.4) is 0 Å². The molecular weight excluding hydrogens is 228 g/mol. The lowest BCUT2D eigenvalue weighted by Gasteiger charge is -2.01. The number of nitrogens with one attached hydrogen (secondary N) is 1. The summed E-state index contributed by atoms with van der Waals surface area (Å²) in [5, 5.41) is 7.24. The first-order valence-corrected chi connectivity index (χ1v) is 6.42. The van der Waals surface area contributed by atoms with Gasteiger partial charge >= 0.3 is 0 Å². The molecule has 0 aliphatic heterocycles. The van der Waals surface area contributed by atoms with Crippen LogP contribution in [0.5, 0.6) is 0 Å². The van der Waals surface area contributed by atoms with Crippen LogP contribution < -0.4 is 5.32 Å². The minimum Gasteiger partial charge on any atom is -0.354 e. The van der Waals surface area contributed by atoms with E-state index in [4.69, 9.17) is 4.52 Å². The van der Waals surface area contributed by atoms with E-state index in [1.54, 1.807) is 6.92 Å². The number of aryl methyl sites for hydroxylation is 2. The van der Waals surface area contributed by atoms with E-state index in [9.17, 15) is 0 Å². The Hall–Kier alpha value is -1.62. The standard InChI is InChI=1S/C13H20N4O/c1-3-7-17-8-5-12(10-17)9-14-6-4-13-15-11(2)18-16-13/h5,8,10,14H,3-4,6-7,9H2,1-2H3. The second-order valence-electron chi connectivity index (χ2n) is 4.41. The van der Waals surface area contributed by atoms with E-state index in [2.05, 4.69) is 45.4 Å². The van der Waals surface area contributed by atoms with E-state index in [1.165, 1.54) is 12.0 Å². The maximum absolute atomic E-state index is 4.92. The first-order valence-electron chi connectivity index (χ1n) is 6.42. The van der Waals surface area contributed by atoms with Crippen molar-refractivity contribution in [1.82, 2.24) is 20.0 Å². The summed E-state index contributed by atoms with van der Waals surface area (Å²) in [6.07, 6.45) is 6.28. The van der Waals surface area contributed by atoms with Crippen molar-refractivity contribution in [3.05, 3.63) is 35.7 Å². The number of hydrogen-bond acceptors (Lipinski definition) is 4. The van der Waals surface area contributed by atoms with Gasteiger partial charge in [-0.25, -0.2) is 0 Å². The molecule has 2 aromatic heterocycles. The van der Waals surface area contributed by atoms with E-state index >= 15 is 0 Å². The highest BCUT2D eigenvalue weighted by Gasteiger charge is 2.01. The maximum Gasteiger partial charge on any atom is 0.223 e. The lowest BCUT2D eigenvalue weighted by molar-refractivity contribution is 0.387. The molecule has 0 fully saturated rings. The summed E-state index contributed by atoms with van der Waals surface area (Å²) in [5.74, 6) is 1.39. The summed E-state index contributed by atoms with van der Waals surface area (Å²) < 4.78 is 7.14. The van der Waals surface area contributed by atoms with Gasteiger partial charge in [-0.2, -0.15) is 4.98 Å². The van der Waals surface area contributed by atoms with Gasteiger partial charge in [0.15, 0.2) is 5.82 Å². The molecule has 0 unspecified atom stereocenters. The molecule has 0 aliphatic carbocycles. The lowest BCUT2D eigenvalue weighted by Crippen LogP contribution is -2.16. The van der Waals surface area contributed by atoms with Crippen LogP contribution >= 0.6 is 0 Å². The van der Waals surface area contributed by atoms with Gasteiger partial charge in [0.25, 0.3) is 0 Å². The van der Waals surface area contributed by atoms with Gasteiger partial charge in [0.05, 0.1) is 0 Å². The molecule has 0 radical (unpaired) electrons. The van der Waals surface area contributed by atoms with Crippen LogP contribution in [0.4, 0.5) is 0 Å². The molecule has 5 heteroatoms. The molecule has 0 bridgehead atoms. The van der Waals surface area contributed by atoms with Crippen molar-refractivity contribution in [2.45, 2.75) is 39.8 Å². The van der Waals surface area contributed by atoms with E-state index in [-0.39, 0.29) is 0 Å². The fourth-order valence-electron chi connectivity index (χ4n) is 1.87. The zero-order valence-corrected chi connectivity index (χ0v) is 11.0. The average Bonchev–Trinajstić information content (AvgIpc) is 2.95. The Morgan fingerprint density at radius 2 is 2.33 bits per heavy atom. The van der Waals surface area contributed by atoms with E-state index in [0.29, 0.717) is 5.89 Å². The fraction of sp³-hybridized carbons (Fsp3) is 0.538. The lowest BCUT2D eigenvalue weighted by atomic mass is 10.3. The number of nitrogens with zero attached hydrogens (tertiary/aromatic N) is 3. The molecule has 1 N–H and O–H groups in total. The minimum atomic E-state index is 0.627. The van der Waals surface area contributed by atoms with Crippen molar-refractivity contribution in [3.8, 4) is 0 Å². The highest BCUT2D eigenvalue weighted by atomic mass is 16.5. The van der Waals surface area contributed by atoms with Gasteiger partial charge < -0.3 is 14.4 Å². The van der Waals surface area contributed by atoms with Gasteiger partial charge in [0.1, 0.15) is 0 Å². The molecule has 0 aromatic carbocycles. The van der Waals surface area contributed by atoms with Crippen LogP contribution in [0.1, 0.15) is 30.6 Å². The molecule has 0 aliphatic rings. The Kier molecular flexibility index (Phi) is 4.52. The topological polar surface area (TPSA) is 55.9 Å². The molecule has 0 spiro atoms. The Balaban J connectivity index is 1.68. The summed E-state index contributed by atoms with van der Waals surface area (Å²) in [5.41, 5.74) is 1.31. The molecule has 0 saturated heterocycles. The highest BCUT2D eigenvalue weighted by Crippen LogP contribution is 2.02. The predicted octanol–water partition coefficient (Wildman–Crippen LogP) is 1.92. The monoisotopic (exact) mass is 248 g/mol. The van der Waals surface area contributed by atoms with Gasteiger partial charge in [-0.05, 0) is 18.1 Å². The second kappa shape index (κ2) is 6.35. The number of aromatic nitrogens is 3. The van der Waals surface area contributed by atoms with Crippen LogP contribution in [0.25, 0.3) is 0 Å². The molecule has 2 rings (SSSR count). The van der Waals surface area contributed by atoms with Gasteiger partial charge in [-0.3, -0.25) is 0 Å².